The standard InChI is InChI=1S/C18H22N2O2S.ClH/c1-20(18(21)15-7-4-13(11-19)5-8-15)12-14-6-9-17(23-3)16(10-14)22-2;/h4-10H,11-12,19H2,1-3H3;1H. The van der Waals surface area contributed by atoms with Crippen LogP contribution in [0.3, 0.4) is 0 Å². The zero-order valence-electron chi connectivity index (χ0n) is 14.1. The molecule has 0 radical (unpaired) electrons. The first-order valence-electron chi connectivity index (χ1n) is 7.34. The second-order valence-electron chi connectivity index (χ2n) is 5.25. The smallest absolute Gasteiger partial charge is 0.253 e. The maximum Gasteiger partial charge on any atom is 0.253 e. The number of carbonyl (C=O) groups is 1. The minimum absolute atomic E-state index is 0. The van der Waals surface area contributed by atoms with Gasteiger partial charge in [-0.25, -0.2) is 0 Å². The predicted molar refractivity (Wildman–Crippen MR) is 102 cm³/mol. The highest BCUT2D eigenvalue weighted by atomic mass is 35.5. The lowest BCUT2D eigenvalue weighted by Gasteiger charge is -2.18. The second-order valence-corrected chi connectivity index (χ2v) is 6.10. The highest BCUT2D eigenvalue weighted by Gasteiger charge is 2.13. The van der Waals surface area contributed by atoms with Gasteiger partial charge in [0.1, 0.15) is 5.75 Å². The van der Waals surface area contributed by atoms with Crippen molar-refractivity contribution in [1.29, 1.82) is 0 Å². The average molecular weight is 367 g/mol. The van der Waals surface area contributed by atoms with Gasteiger partial charge < -0.3 is 15.4 Å². The number of thioether (sulfide) groups is 1. The third-order valence-electron chi connectivity index (χ3n) is 3.65. The molecule has 2 aromatic carbocycles. The van der Waals surface area contributed by atoms with Crippen molar-refractivity contribution in [3.05, 3.63) is 59.2 Å². The molecule has 2 aromatic rings. The number of ether oxygens (including phenoxy) is 1. The molecule has 0 aliphatic heterocycles. The van der Waals surface area contributed by atoms with Gasteiger partial charge >= 0.3 is 0 Å². The van der Waals surface area contributed by atoms with Crippen LogP contribution in [0, 0.1) is 0 Å². The number of hydrogen-bond acceptors (Lipinski definition) is 4. The highest BCUT2D eigenvalue weighted by Crippen LogP contribution is 2.28. The summed E-state index contributed by atoms with van der Waals surface area (Å²) in [6.07, 6.45) is 2.01. The number of carbonyl (C=O) groups excluding carboxylic acids is 1. The Kier molecular flexibility index (Phi) is 8.11. The lowest BCUT2D eigenvalue weighted by molar-refractivity contribution is 0.0785. The number of nitrogens with zero attached hydrogens (tertiary/aromatic N) is 1. The van der Waals surface area contributed by atoms with Crippen molar-refractivity contribution in [3.8, 4) is 5.75 Å². The van der Waals surface area contributed by atoms with Gasteiger partial charge in [-0.1, -0.05) is 18.2 Å². The average Bonchev–Trinajstić information content (AvgIpc) is 2.60. The molecule has 0 aromatic heterocycles. The van der Waals surface area contributed by atoms with E-state index in [-0.39, 0.29) is 18.3 Å². The molecular weight excluding hydrogens is 344 g/mol. The van der Waals surface area contributed by atoms with E-state index in [1.165, 1.54) is 0 Å². The number of rotatable bonds is 6. The van der Waals surface area contributed by atoms with E-state index < -0.39 is 0 Å². The van der Waals surface area contributed by atoms with Crippen LogP contribution in [-0.2, 0) is 13.1 Å². The fourth-order valence-electron chi connectivity index (χ4n) is 2.33. The molecule has 0 aliphatic rings. The molecule has 0 atom stereocenters. The van der Waals surface area contributed by atoms with Gasteiger partial charge in [0.25, 0.3) is 5.91 Å². The Morgan fingerprint density at radius 3 is 2.33 bits per heavy atom. The van der Waals surface area contributed by atoms with E-state index in [1.807, 2.05) is 48.7 Å². The van der Waals surface area contributed by atoms with Crippen LogP contribution in [0.2, 0.25) is 0 Å². The molecule has 2 N–H and O–H groups in total. The predicted octanol–water partition coefficient (Wildman–Crippen LogP) is 3.57. The summed E-state index contributed by atoms with van der Waals surface area (Å²) in [5.74, 6) is 0.824. The van der Waals surface area contributed by atoms with E-state index in [0.29, 0.717) is 18.7 Å². The molecule has 0 saturated heterocycles. The van der Waals surface area contributed by atoms with Crippen molar-refractivity contribution in [2.45, 2.75) is 18.0 Å². The van der Waals surface area contributed by atoms with E-state index in [4.69, 9.17) is 10.5 Å². The first-order chi connectivity index (χ1) is 11.1. The molecule has 6 heteroatoms. The van der Waals surface area contributed by atoms with Gasteiger partial charge in [0.15, 0.2) is 0 Å². The summed E-state index contributed by atoms with van der Waals surface area (Å²) in [6, 6.07) is 13.4. The Morgan fingerprint density at radius 2 is 1.79 bits per heavy atom. The van der Waals surface area contributed by atoms with Gasteiger partial charge in [-0.05, 0) is 41.6 Å². The lowest BCUT2D eigenvalue weighted by atomic mass is 10.1. The van der Waals surface area contributed by atoms with Gasteiger partial charge in [0.2, 0.25) is 0 Å². The highest BCUT2D eigenvalue weighted by molar-refractivity contribution is 7.98. The lowest BCUT2D eigenvalue weighted by Crippen LogP contribution is -2.26. The van der Waals surface area contributed by atoms with Crippen LogP contribution >= 0.6 is 24.2 Å². The van der Waals surface area contributed by atoms with Gasteiger partial charge in [0, 0.05) is 30.6 Å². The van der Waals surface area contributed by atoms with E-state index in [1.54, 1.807) is 30.8 Å². The van der Waals surface area contributed by atoms with Gasteiger partial charge in [-0.15, -0.1) is 24.2 Å². The van der Waals surface area contributed by atoms with Crippen LogP contribution in [0.1, 0.15) is 21.5 Å². The van der Waals surface area contributed by atoms with E-state index in [0.717, 1.165) is 21.8 Å². The molecule has 0 aliphatic carbocycles. The molecule has 0 fully saturated rings. The van der Waals surface area contributed by atoms with Gasteiger partial charge in [-0.3, -0.25) is 4.79 Å². The number of hydrogen-bond donors (Lipinski definition) is 1. The van der Waals surface area contributed by atoms with Crippen molar-refractivity contribution in [2.75, 3.05) is 20.4 Å². The quantitative estimate of drug-likeness (QED) is 0.794. The maximum absolute atomic E-state index is 12.5. The summed E-state index contributed by atoms with van der Waals surface area (Å²) in [5, 5.41) is 0. The SMILES string of the molecule is COc1cc(CN(C)C(=O)c2ccc(CN)cc2)ccc1SC.Cl. The first-order valence-corrected chi connectivity index (χ1v) is 8.57. The Balaban J connectivity index is 0.00000288. The number of halogens is 1. The van der Waals surface area contributed by atoms with Crippen LogP contribution in [0.15, 0.2) is 47.4 Å². The molecule has 0 saturated carbocycles. The fourth-order valence-corrected chi connectivity index (χ4v) is 2.88. The molecular formula is C18H23ClN2O2S. The van der Waals surface area contributed by atoms with Crippen LogP contribution in [0.4, 0.5) is 0 Å². The Hall–Kier alpha value is -1.69. The monoisotopic (exact) mass is 366 g/mol. The third-order valence-corrected chi connectivity index (χ3v) is 4.43. The molecule has 130 valence electrons. The van der Waals surface area contributed by atoms with Crippen LogP contribution < -0.4 is 10.5 Å². The number of nitrogens with two attached hydrogens (primary N) is 1. The Morgan fingerprint density at radius 1 is 1.17 bits per heavy atom. The molecule has 4 nitrogen and oxygen atoms in total. The summed E-state index contributed by atoms with van der Waals surface area (Å²) < 4.78 is 5.39. The van der Waals surface area contributed by atoms with Crippen LogP contribution in [0.5, 0.6) is 5.75 Å². The van der Waals surface area contributed by atoms with E-state index >= 15 is 0 Å². The summed E-state index contributed by atoms with van der Waals surface area (Å²) in [6.45, 7) is 1.01. The van der Waals surface area contributed by atoms with Gasteiger partial charge in [0.05, 0.1) is 7.11 Å². The minimum atomic E-state index is -0.0125. The number of benzene rings is 2. The zero-order valence-corrected chi connectivity index (χ0v) is 15.7. The van der Waals surface area contributed by atoms with Gasteiger partial charge in [-0.2, -0.15) is 0 Å². The Labute approximate surface area is 153 Å². The summed E-state index contributed by atoms with van der Waals surface area (Å²) in [5.41, 5.74) is 8.30. The Bertz CT molecular complexity index is 677. The largest absolute Gasteiger partial charge is 0.496 e. The zero-order chi connectivity index (χ0) is 16.8. The normalized spacial score (nSPS) is 10.0. The molecule has 0 unspecified atom stereocenters. The van der Waals surface area contributed by atoms with Crippen molar-refractivity contribution in [3.63, 3.8) is 0 Å². The molecule has 0 heterocycles. The minimum Gasteiger partial charge on any atom is -0.496 e. The van der Waals surface area contributed by atoms with E-state index in [9.17, 15) is 4.79 Å². The van der Waals surface area contributed by atoms with Crippen molar-refractivity contribution in [2.24, 2.45) is 5.73 Å². The van der Waals surface area contributed by atoms with Crippen molar-refractivity contribution in [1.82, 2.24) is 4.90 Å². The molecule has 0 bridgehead atoms. The molecule has 2 rings (SSSR count). The van der Waals surface area contributed by atoms with Crippen molar-refractivity contribution < 1.29 is 9.53 Å². The molecule has 24 heavy (non-hydrogen) atoms. The maximum atomic E-state index is 12.5. The van der Waals surface area contributed by atoms with Crippen molar-refractivity contribution >= 4 is 30.1 Å². The molecule has 0 spiro atoms. The fraction of sp³-hybridized carbons (Fsp3) is 0.278. The van der Waals surface area contributed by atoms with E-state index in [2.05, 4.69) is 0 Å². The summed E-state index contributed by atoms with van der Waals surface area (Å²) in [4.78, 5) is 15.3. The first kappa shape index (κ1) is 20.4. The summed E-state index contributed by atoms with van der Waals surface area (Å²) in [7, 11) is 3.46. The van der Waals surface area contributed by atoms with Crippen LogP contribution in [0.25, 0.3) is 0 Å². The third kappa shape index (κ3) is 4.90. The number of methoxy groups -OCH3 is 1. The summed E-state index contributed by atoms with van der Waals surface area (Å²) >= 11 is 1.64. The number of amides is 1. The van der Waals surface area contributed by atoms with Crippen LogP contribution in [-0.4, -0.2) is 31.2 Å². The molecule has 1 amide bonds. The second kappa shape index (κ2) is 9.57. The topological polar surface area (TPSA) is 55.6 Å².